The van der Waals surface area contributed by atoms with Gasteiger partial charge in [0.15, 0.2) is 0 Å². The van der Waals surface area contributed by atoms with Gasteiger partial charge in [-0.1, -0.05) is 49.7 Å². The van der Waals surface area contributed by atoms with Crippen molar-refractivity contribution in [3.8, 4) is 0 Å². The molecule has 4 heteroatoms. The number of rotatable bonds is 7. The van der Waals surface area contributed by atoms with Crippen molar-refractivity contribution in [1.82, 2.24) is 0 Å². The molecular formula is C18H22N2O2. The van der Waals surface area contributed by atoms with Crippen molar-refractivity contribution in [3.05, 3.63) is 60.2 Å². The second kappa shape index (κ2) is 8.20. The van der Waals surface area contributed by atoms with Crippen LogP contribution in [0.1, 0.15) is 31.4 Å². The Morgan fingerprint density at radius 2 is 1.82 bits per heavy atom. The van der Waals surface area contributed by atoms with Crippen LogP contribution in [0, 0.1) is 0 Å². The Hall–Kier alpha value is -2.33. The van der Waals surface area contributed by atoms with E-state index in [2.05, 4.69) is 29.7 Å². The van der Waals surface area contributed by atoms with Crippen molar-refractivity contribution in [3.63, 3.8) is 0 Å². The van der Waals surface area contributed by atoms with Crippen LogP contribution in [0.15, 0.2) is 54.6 Å². The van der Waals surface area contributed by atoms with E-state index in [4.69, 9.17) is 5.11 Å². The highest BCUT2D eigenvalue weighted by molar-refractivity contribution is 5.91. The summed E-state index contributed by atoms with van der Waals surface area (Å²) in [4.78, 5) is 11.3. The first-order valence-electron chi connectivity index (χ1n) is 7.55. The lowest BCUT2D eigenvalue weighted by atomic mass is 10.0. The molecule has 2 rings (SSSR count). The van der Waals surface area contributed by atoms with Crippen molar-refractivity contribution in [1.29, 1.82) is 0 Å². The zero-order valence-electron chi connectivity index (χ0n) is 12.8. The summed E-state index contributed by atoms with van der Waals surface area (Å²) in [6.07, 6.45) is 2.10. The van der Waals surface area contributed by atoms with Gasteiger partial charge in [0.2, 0.25) is 5.91 Å². The molecule has 0 aliphatic rings. The third-order valence-electron chi connectivity index (χ3n) is 3.41. The number of hydrogen-bond acceptors (Lipinski definition) is 3. The summed E-state index contributed by atoms with van der Waals surface area (Å²) in [5.74, 6) is -0.412. The maximum absolute atomic E-state index is 11.3. The Kier molecular flexibility index (Phi) is 5.98. The number of hydrogen-bond donors (Lipinski definition) is 3. The number of amides is 1. The molecule has 0 aromatic heterocycles. The molecular weight excluding hydrogens is 276 g/mol. The molecule has 0 saturated heterocycles. The fraction of sp³-hybridized carbons (Fsp3) is 0.278. The Labute approximate surface area is 131 Å². The highest BCUT2D eigenvalue weighted by Crippen LogP contribution is 2.25. The number of aliphatic hydroxyl groups excluding tert-OH is 1. The first-order chi connectivity index (χ1) is 10.7. The minimum Gasteiger partial charge on any atom is -0.387 e. The molecule has 0 bridgehead atoms. The van der Waals surface area contributed by atoms with Gasteiger partial charge in [0.05, 0.1) is 6.04 Å². The number of nitrogens with one attached hydrogen (secondary N) is 2. The van der Waals surface area contributed by atoms with Gasteiger partial charge in [-0.05, 0) is 30.2 Å². The van der Waals surface area contributed by atoms with Gasteiger partial charge in [0.1, 0.15) is 6.61 Å². The molecule has 0 aliphatic heterocycles. The van der Waals surface area contributed by atoms with Crippen LogP contribution >= 0.6 is 0 Å². The second-order valence-electron chi connectivity index (χ2n) is 5.18. The largest absolute Gasteiger partial charge is 0.387 e. The lowest BCUT2D eigenvalue weighted by Crippen LogP contribution is -2.16. The van der Waals surface area contributed by atoms with Gasteiger partial charge in [-0.3, -0.25) is 4.79 Å². The van der Waals surface area contributed by atoms with Gasteiger partial charge in [-0.15, -0.1) is 0 Å². The number of carbonyl (C=O) groups excluding carboxylic acids is 1. The zero-order valence-corrected chi connectivity index (χ0v) is 12.8. The number of aliphatic hydroxyl groups is 1. The Morgan fingerprint density at radius 1 is 1.09 bits per heavy atom. The maximum atomic E-state index is 11.3. The quantitative estimate of drug-likeness (QED) is 0.732. The molecule has 0 fully saturated rings. The Bertz CT molecular complexity index is 599. The smallest absolute Gasteiger partial charge is 0.250 e. The van der Waals surface area contributed by atoms with Crippen LogP contribution in [0.5, 0.6) is 0 Å². The molecule has 0 aliphatic carbocycles. The molecule has 4 nitrogen and oxygen atoms in total. The van der Waals surface area contributed by atoms with Gasteiger partial charge in [-0.2, -0.15) is 0 Å². The van der Waals surface area contributed by atoms with Crippen LogP contribution < -0.4 is 10.6 Å². The Balaban J connectivity index is 2.13. The van der Waals surface area contributed by atoms with Crippen molar-refractivity contribution in [2.45, 2.75) is 25.8 Å². The van der Waals surface area contributed by atoms with E-state index < -0.39 is 12.5 Å². The van der Waals surface area contributed by atoms with E-state index in [0.29, 0.717) is 5.69 Å². The predicted octanol–water partition coefficient (Wildman–Crippen LogP) is 3.57. The predicted molar refractivity (Wildman–Crippen MR) is 89.9 cm³/mol. The maximum Gasteiger partial charge on any atom is 0.250 e. The molecule has 2 aromatic carbocycles. The summed E-state index contributed by atoms with van der Waals surface area (Å²) in [6, 6.07) is 18.1. The summed E-state index contributed by atoms with van der Waals surface area (Å²) in [5, 5.41) is 15.0. The first-order valence-corrected chi connectivity index (χ1v) is 7.55. The van der Waals surface area contributed by atoms with E-state index in [0.717, 1.165) is 18.5 Å². The summed E-state index contributed by atoms with van der Waals surface area (Å²) in [6.45, 7) is 1.65. The van der Waals surface area contributed by atoms with E-state index >= 15 is 0 Å². The van der Waals surface area contributed by atoms with Crippen molar-refractivity contribution in [2.75, 3.05) is 17.2 Å². The lowest BCUT2D eigenvalue weighted by molar-refractivity contribution is -0.118. The molecule has 3 N–H and O–H groups in total. The number of carbonyl (C=O) groups is 1. The van der Waals surface area contributed by atoms with Crippen LogP contribution in [-0.2, 0) is 4.79 Å². The third kappa shape index (κ3) is 4.60. The van der Waals surface area contributed by atoms with Gasteiger partial charge in [0, 0.05) is 11.4 Å². The molecule has 0 radical (unpaired) electrons. The van der Waals surface area contributed by atoms with Crippen LogP contribution in [-0.4, -0.2) is 17.6 Å². The monoisotopic (exact) mass is 298 g/mol. The highest BCUT2D eigenvalue weighted by Gasteiger charge is 2.10. The molecule has 22 heavy (non-hydrogen) atoms. The molecule has 2 aromatic rings. The van der Waals surface area contributed by atoms with Crippen LogP contribution in [0.4, 0.5) is 11.4 Å². The third-order valence-corrected chi connectivity index (χ3v) is 3.41. The number of anilines is 2. The van der Waals surface area contributed by atoms with Gasteiger partial charge >= 0.3 is 0 Å². The SMILES string of the molecule is CCCC(Nc1cccc(NC(=O)CO)c1)c1ccccc1. The Morgan fingerprint density at radius 3 is 2.50 bits per heavy atom. The zero-order chi connectivity index (χ0) is 15.8. The molecule has 1 amide bonds. The van der Waals surface area contributed by atoms with E-state index in [1.165, 1.54) is 5.56 Å². The van der Waals surface area contributed by atoms with Crippen molar-refractivity contribution < 1.29 is 9.90 Å². The minimum absolute atomic E-state index is 0.231. The summed E-state index contributed by atoms with van der Waals surface area (Å²) in [7, 11) is 0. The van der Waals surface area contributed by atoms with E-state index in [9.17, 15) is 4.79 Å². The standard InChI is InChI=1S/C18H22N2O2/c1-2-7-17(14-8-4-3-5-9-14)19-15-10-6-11-16(12-15)20-18(22)13-21/h3-6,8-12,17,19,21H,2,7,13H2,1H3,(H,20,22). The second-order valence-corrected chi connectivity index (χ2v) is 5.18. The fourth-order valence-electron chi connectivity index (χ4n) is 2.38. The summed E-state index contributed by atoms with van der Waals surface area (Å²) < 4.78 is 0. The normalized spacial score (nSPS) is 11.7. The molecule has 0 spiro atoms. The highest BCUT2D eigenvalue weighted by atomic mass is 16.3. The molecule has 0 saturated carbocycles. The first kappa shape index (κ1) is 16.0. The van der Waals surface area contributed by atoms with Crippen molar-refractivity contribution in [2.24, 2.45) is 0 Å². The van der Waals surface area contributed by atoms with Gasteiger partial charge in [0.25, 0.3) is 0 Å². The molecule has 0 heterocycles. The van der Waals surface area contributed by atoms with Gasteiger partial charge < -0.3 is 15.7 Å². The number of benzene rings is 2. The van der Waals surface area contributed by atoms with E-state index in [1.807, 2.05) is 36.4 Å². The van der Waals surface area contributed by atoms with E-state index in [-0.39, 0.29) is 6.04 Å². The van der Waals surface area contributed by atoms with Crippen molar-refractivity contribution >= 4 is 17.3 Å². The fourth-order valence-corrected chi connectivity index (χ4v) is 2.38. The summed E-state index contributed by atoms with van der Waals surface area (Å²) >= 11 is 0. The average molecular weight is 298 g/mol. The van der Waals surface area contributed by atoms with E-state index in [1.54, 1.807) is 6.07 Å². The van der Waals surface area contributed by atoms with Crippen LogP contribution in [0.25, 0.3) is 0 Å². The average Bonchev–Trinajstić information content (AvgIpc) is 2.55. The van der Waals surface area contributed by atoms with Crippen LogP contribution in [0.2, 0.25) is 0 Å². The minimum atomic E-state index is -0.514. The molecule has 1 unspecified atom stereocenters. The molecule has 1 atom stereocenters. The lowest BCUT2D eigenvalue weighted by Gasteiger charge is -2.20. The van der Waals surface area contributed by atoms with Crippen LogP contribution in [0.3, 0.4) is 0 Å². The van der Waals surface area contributed by atoms with Gasteiger partial charge in [-0.25, -0.2) is 0 Å². The topological polar surface area (TPSA) is 61.4 Å². The molecule has 116 valence electrons. The summed E-state index contributed by atoms with van der Waals surface area (Å²) in [5.41, 5.74) is 2.86.